The van der Waals surface area contributed by atoms with E-state index in [1.165, 1.54) is 7.11 Å². The summed E-state index contributed by atoms with van der Waals surface area (Å²) in [7, 11) is 1.46. The maximum atomic E-state index is 13.1. The highest BCUT2D eigenvalue weighted by Crippen LogP contribution is 2.43. The molecule has 0 saturated heterocycles. The summed E-state index contributed by atoms with van der Waals surface area (Å²) in [5.74, 6) is -0.693. The van der Waals surface area contributed by atoms with Crippen LogP contribution in [-0.4, -0.2) is 36.4 Å². The van der Waals surface area contributed by atoms with Crippen molar-refractivity contribution in [1.29, 1.82) is 0 Å². The number of amides is 1. The van der Waals surface area contributed by atoms with E-state index in [-0.39, 0.29) is 18.1 Å². The van der Waals surface area contributed by atoms with Crippen molar-refractivity contribution in [3.05, 3.63) is 40.1 Å². The summed E-state index contributed by atoms with van der Waals surface area (Å²) in [5, 5.41) is 1.56. The zero-order valence-electron chi connectivity index (χ0n) is 16.8. The smallest absolute Gasteiger partial charge is 0.316 e. The van der Waals surface area contributed by atoms with Crippen LogP contribution < -0.4 is 0 Å². The van der Waals surface area contributed by atoms with Crippen LogP contribution in [0.5, 0.6) is 0 Å². The van der Waals surface area contributed by atoms with Gasteiger partial charge >= 0.3 is 5.97 Å². The molecule has 1 aromatic carbocycles. The molecule has 0 spiro atoms. The standard InChI is InChI=1S/C20H26ClNO5/c1-12-8-9-13(14(21)10-12)15-16(27-18(24)19(2,3)4)20(5,6)22(17(15)23)26-11-25-7/h8-10H,11H2,1-7H3. The molecule has 0 atom stereocenters. The number of aryl methyl sites for hydroxylation is 1. The molecule has 27 heavy (non-hydrogen) atoms. The molecule has 1 aliphatic rings. The second kappa shape index (κ2) is 7.62. The minimum atomic E-state index is -1.03. The maximum Gasteiger partial charge on any atom is 0.316 e. The van der Waals surface area contributed by atoms with E-state index < -0.39 is 22.8 Å². The van der Waals surface area contributed by atoms with E-state index in [9.17, 15) is 9.59 Å². The molecule has 7 heteroatoms. The lowest BCUT2D eigenvalue weighted by Crippen LogP contribution is -2.45. The molecule has 0 unspecified atom stereocenters. The Morgan fingerprint density at radius 2 is 1.89 bits per heavy atom. The Labute approximate surface area is 165 Å². The van der Waals surface area contributed by atoms with Crippen LogP contribution in [0.2, 0.25) is 5.02 Å². The van der Waals surface area contributed by atoms with Gasteiger partial charge in [0, 0.05) is 17.7 Å². The molecule has 2 rings (SSSR count). The molecule has 0 radical (unpaired) electrons. The van der Waals surface area contributed by atoms with Crippen LogP contribution in [0.4, 0.5) is 0 Å². The van der Waals surface area contributed by atoms with Crippen LogP contribution in [0.15, 0.2) is 24.0 Å². The van der Waals surface area contributed by atoms with E-state index in [4.69, 9.17) is 25.9 Å². The number of halogens is 1. The van der Waals surface area contributed by atoms with Gasteiger partial charge in [-0.05, 0) is 53.2 Å². The summed E-state index contributed by atoms with van der Waals surface area (Å²) in [6.45, 7) is 10.5. The third-order valence-corrected chi connectivity index (χ3v) is 4.50. The largest absolute Gasteiger partial charge is 0.427 e. The van der Waals surface area contributed by atoms with Gasteiger partial charge < -0.3 is 9.47 Å². The summed E-state index contributed by atoms with van der Waals surface area (Å²) in [6, 6.07) is 5.34. The third-order valence-electron chi connectivity index (χ3n) is 4.19. The van der Waals surface area contributed by atoms with Crippen molar-refractivity contribution < 1.29 is 23.9 Å². The highest BCUT2D eigenvalue weighted by Gasteiger charge is 2.50. The van der Waals surface area contributed by atoms with Gasteiger partial charge in [0.25, 0.3) is 5.91 Å². The Bertz CT molecular complexity index is 792. The monoisotopic (exact) mass is 395 g/mol. The molecule has 0 N–H and O–H groups in total. The lowest BCUT2D eigenvalue weighted by molar-refractivity contribution is -0.239. The fraction of sp³-hybridized carbons (Fsp3) is 0.500. The molecule has 6 nitrogen and oxygen atoms in total. The van der Waals surface area contributed by atoms with Gasteiger partial charge in [0.15, 0.2) is 6.79 Å². The van der Waals surface area contributed by atoms with Gasteiger partial charge in [-0.2, -0.15) is 0 Å². The van der Waals surface area contributed by atoms with E-state index in [1.54, 1.807) is 46.8 Å². The maximum absolute atomic E-state index is 13.1. The van der Waals surface area contributed by atoms with E-state index in [0.717, 1.165) is 10.6 Å². The van der Waals surface area contributed by atoms with Gasteiger partial charge in [-0.25, -0.2) is 9.90 Å². The summed E-state index contributed by atoms with van der Waals surface area (Å²) in [6.07, 6.45) is 0. The van der Waals surface area contributed by atoms with Gasteiger partial charge in [-0.3, -0.25) is 9.59 Å². The lowest BCUT2D eigenvalue weighted by atomic mass is 9.95. The van der Waals surface area contributed by atoms with Crippen LogP contribution in [0.3, 0.4) is 0 Å². The Morgan fingerprint density at radius 3 is 2.41 bits per heavy atom. The van der Waals surface area contributed by atoms with Gasteiger partial charge in [-0.1, -0.05) is 23.7 Å². The van der Waals surface area contributed by atoms with Crippen molar-refractivity contribution in [3.8, 4) is 0 Å². The number of hydrogen-bond donors (Lipinski definition) is 0. The number of rotatable bonds is 5. The Hall–Kier alpha value is -1.89. The van der Waals surface area contributed by atoms with Gasteiger partial charge in [0.2, 0.25) is 0 Å². The molecule has 0 fully saturated rings. The molecule has 0 bridgehead atoms. The average Bonchev–Trinajstić information content (AvgIpc) is 2.72. The predicted octanol–water partition coefficient (Wildman–Crippen LogP) is 4.11. The number of ether oxygens (including phenoxy) is 2. The third kappa shape index (κ3) is 4.18. The minimum absolute atomic E-state index is 0.120. The van der Waals surface area contributed by atoms with E-state index >= 15 is 0 Å². The summed E-state index contributed by atoms with van der Waals surface area (Å²) in [5.41, 5.74) is -0.121. The average molecular weight is 396 g/mol. The van der Waals surface area contributed by atoms with E-state index in [0.29, 0.717) is 10.6 Å². The number of benzene rings is 1. The first kappa shape index (κ1) is 21.4. The topological polar surface area (TPSA) is 65.1 Å². The predicted molar refractivity (Wildman–Crippen MR) is 103 cm³/mol. The summed E-state index contributed by atoms with van der Waals surface area (Å²) in [4.78, 5) is 31.2. The normalized spacial score (nSPS) is 16.9. The highest BCUT2D eigenvalue weighted by molar-refractivity contribution is 6.35. The molecule has 148 valence electrons. The number of methoxy groups -OCH3 is 1. The van der Waals surface area contributed by atoms with E-state index in [1.807, 2.05) is 13.0 Å². The molecule has 1 aromatic rings. The number of hydroxylamine groups is 2. The second-order valence-corrected chi connectivity index (χ2v) is 8.43. The van der Waals surface area contributed by atoms with Crippen molar-refractivity contribution >= 4 is 29.1 Å². The van der Waals surface area contributed by atoms with Gasteiger partial charge in [0.05, 0.1) is 11.0 Å². The minimum Gasteiger partial charge on any atom is -0.427 e. The van der Waals surface area contributed by atoms with Crippen molar-refractivity contribution in [3.63, 3.8) is 0 Å². The van der Waals surface area contributed by atoms with Crippen molar-refractivity contribution in [2.75, 3.05) is 13.9 Å². The quantitative estimate of drug-likeness (QED) is 0.554. The summed E-state index contributed by atoms with van der Waals surface area (Å²) >= 11 is 6.40. The van der Waals surface area contributed by atoms with E-state index in [2.05, 4.69) is 0 Å². The number of nitrogens with zero attached hydrogens (tertiary/aromatic N) is 1. The number of hydrogen-bond acceptors (Lipinski definition) is 5. The Balaban J connectivity index is 2.63. The second-order valence-electron chi connectivity index (χ2n) is 8.02. The van der Waals surface area contributed by atoms with Gasteiger partial charge in [-0.15, -0.1) is 0 Å². The first-order valence-corrected chi connectivity index (χ1v) is 8.99. The molecule has 0 saturated carbocycles. The van der Waals surface area contributed by atoms with Gasteiger partial charge in [0.1, 0.15) is 11.3 Å². The highest BCUT2D eigenvalue weighted by atomic mass is 35.5. The molecule has 1 heterocycles. The van der Waals surface area contributed by atoms with Crippen LogP contribution in [-0.2, 0) is 23.9 Å². The zero-order chi connectivity index (χ0) is 20.6. The molecule has 0 aliphatic carbocycles. The van der Waals surface area contributed by atoms with Crippen molar-refractivity contribution in [2.45, 2.75) is 47.1 Å². The number of carbonyl (C=O) groups is 2. The molecular formula is C20H26ClNO5. The molecule has 0 aromatic heterocycles. The summed E-state index contributed by atoms with van der Waals surface area (Å²) < 4.78 is 10.7. The first-order valence-electron chi connectivity index (χ1n) is 8.61. The SMILES string of the molecule is COCON1C(=O)C(c2ccc(C)cc2Cl)=C(OC(=O)C(C)(C)C)C1(C)C. The Kier molecular flexibility index (Phi) is 6.04. The number of carbonyl (C=O) groups excluding carboxylic acids is 2. The fourth-order valence-corrected chi connectivity index (χ4v) is 2.99. The molecular weight excluding hydrogens is 370 g/mol. The van der Waals surface area contributed by atoms with Crippen LogP contribution in [0, 0.1) is 12.3 Å². The molecule has 1 aliphatic heterocycles. The zero-order valence-corrected chi connectivity index (χ0v) is 17.6. The fourth-order valence-electron chi connectivity index (χ4n) is 2.66. The Morgan fingerprint density at radius 1 is 1.26 bits per heavy atom. The number of esters is 1. The van der Waals surface area contributed by atoms with Crippen molar-refractivity contribution in [2.24, 2.45) is 5.41 Å². The molecule has 1 amide bonds. The van der Waals surface area contributed by atoms with Crippen molar-refractivity contribution in [1.82, 2.24) is 5.06 Å². The van der Waals surface area contributed by atoms with Crippen LogP contribution in [0.1, 0.15) is 45.7 Å². The lowest BCUT2D eigenvalue weighted by Gasteiger charge is -2.32. The van der Waals surface area contributed by atoms with Crippen LogP contribution >= 0.6 is 11.6 Å². The van der Waals surface area contributed by atoms with Crippen LogP contribution in [0.25, 0.3) is 5.57 Å². The first-order chi connectivity index (χ1) is 12.4.